The van der Waals surface area contributed by atoms with Crippen molar-refractivity contribution in [3.63, 3.8) is 0 Å². The van der Waals surface area contributed by atoms with Crippen LogP contribution >= 0.6 is 11.3 Å². The lowest BCUT2D eigenvalue weighted by molar-refractivity contribution is -0.158. The van der Waals surface area contributed by atoms with Crippen molar-refractivity contribution < 1.29 is 42.9 Å². The van der Waals surface area contributed by atoms with Crippen LogP contribution in [0.4, 0.5) is 10.7 Å². The molecule has 1 aliphatic rings. The molecule has 1 fully saturated rings. The first-order chi connectivity index (χ1) is 16.1. The van der Waals surface area contributed by atoms with Gasteiger partial charge in [0.15, 0.2) is 24.1 Å². The minimum Gasteiger partial charge on any atom is -0.463 e. The number of thiazole rings is 1. The molecule has 2 aromatic rings. The molecule has 2 aromatic heterocycles. The number of nitrogens with zero attached hydrogens (tertiary/aromatic N) is 3. The summed E-state index contributed by atoms with van der Waals surface area (Å²) in [6.07, 6.45) is -4.98. The molecule has 1 saturated heterocycles. The molecular formula is C19H22N4O10S. The SMILES string of the molecule is CC(=O)OC[C@H]1O[C@@H](n2c(=O)sc3cnc(NC=O)nc32)[C@H](OC(=O)OC(C)C)[C@H]1OC(C)=O. The fourth-order valence-corrected chi connectivity index (χ4v) is 4.04. The second-order valence-electron chi connectivity index (χ2n) is 7.32. The third-order valence-electron chi connectivity index (χ3n) is 4.40. The van der Waals surface area contributed by atoms with E-state index in [0.717, 1.165) is 22.8 Å². The molecule has 184 valence electrons. The highest BCUT2D eigenvalue weighted by Crippen LogP contribution is 2.36. The number of esters is 2. The minimum atomic E-state index is -1.37. The number of aromatic nitrogens is 3. The summed E-state index contributed by atoms with van der Waals surface area (Å²) in [5.74, 6) is -1.44. The van der Waals surface area contributed by atoms with Crippen molar-refractivity contribution in [2.24, 2.45) is 0 Å². The van der Waals surface area contributed by atoms with Crippen molar-refractivity contribution in [2.75, 3.05) is 11.9 Å². The van der Waals surface area contributed by atoms with Gasteiger partial charge in [-0.05, 0) is 13.8 Å². The Labute approximate surface area is 196 Å². The molecule has 3 heterocycles. The van der Waals surface area contributed by atoms with E-state index in [1.807, 2.05) is 0 Å². The molecular weight excluding hydrogens is 476 g/mol. The van der Waals surface area contributed by atoms with E-state index in [4.69, 9.17) is 23.7 Å². The molecule has 3 rings (SSSR count). The molecule has 1 amide bonds. The first-order valence-electron chi connectivity index (χ1n) is 10.0. The van der Waals surface area contributed by atoms with Gasteiger partial charge in [-0.3, -0.25) is 29.1 Å². The van der Waals surface area contributed by atoms with Gasteiger partial charge in [0.1, 0.15) is 12.7 Å². The molecule has 34 heavy (non-hydrogen) atoms. The standard InChI is InChI=1S/C19H22N4O10S/c1-8(2)30-19(28)33-14-13(31-10(4)26)11(6-29-9(3)25)32-16(14)23-15-12(34-18(23)27)5-20-17(22-15)21-7-24/h5,7-8,11,13-14,16H,6H2,1-4H3,(H,20,21,22,24)/t11-,13+,14-,16-/m1/s1. The fourth-order valence-electron chi connectivity index (χ4n) is 3.22. The number of ether oxygens (including phenoxy) is 5. The van der Waals surface area contributed by atoms with Crippen LogP contribution in [0, 0.1) is 0 Å². The number of fused-ring (bicyclic) bond motifs is 1. The molecule has 0 spiro atoms. The first kappa shape index (κ1) is 25.0. The second kappa shape index (κ2) is 10.6. The smallest absolute Gasteiger partial charge is 0.463 e. The van der Waals surface area contributed by atoms with Crippen molar-refractivity contribution in [2.45, 2.75) is 58.3 Å². The lowest BCUT2D eigenvalue weighted by atomic mass is 10.1. The Kier molecular flexibility index (Phi) is 7.78. The van der Waals surface area contributed by atoms with Gasteiger partial charge in [-0.1, -0.05) is 11.3 Å². The van der Waals surface area contributed by atoms with E-state index in [9.17, 15) is 24.0 Å². The van der Waals surface area contributed by atoms with Crippen molar-refractivity contribution in [1.82, 2.24) is 14.5 Å². The Hall–Kier alpha value is -3.59. The average Bonchev–Trinajstić information content (AvgIpc) is 3.22. The second-order valence-corrected chi connectivity index (χ2v) is 8.32. The van der Waals surface area contributed by atoms with E-state index in [1.165, 1.54) is 13.1 Å². The van der Waals surface area contributed by atoms with Gasteiger partial charge in [0.05, 0.1) is 17.0 Å². The summed E-state index contributed by atoms with van der Waals surface area (Å²) >= 11 is 0.780. The molecule has 0 saturated carbocycles. The van der Waals surface area contributed by atoms with Gasteiger partial charge in [-0.25, -0.2) is 9.78 Å². The molecule has 1 N–H and O–H groups in total. The fraction of sp³-hybridized carbons (Fsp3) is 0.526. The maximum atomic E-state index is 12.9. The van der Waals surface area contributed by atoms with E-state index in [2.05, 4.69) is 15.3 Å². The van der Waals surface area contributed by atoms with E-state index in [-0.39, 0.29) is 18.2 Å². The van der Waals surface area contributed by atoms with Crippen molar-refractivity contribution >= 4 is 52.1 Å². The predicted octanol–water partition coefficient (Wildman–Crippen LogP) is 0.744. The average molecular weight is 498 g/mol. The van der Waals surface area contributed by atoms with E-state index in [1.54, 1.807) is 13.8 Å². The third-order valence-corrected chi connectivity index (χ3v) is 5.28. The summed E-state index contributed by atoms with van der Waals surface area (Å²) in [4.78, 5) is 66.7. The summed E-state index contributed by atoms with van der Waals surface area (Å²) in [6, 6.07) is 0. The zero-order valence-corrected chi connectivity index (χ0v) is 19.4. The molecule has 4 atom stereocenters. The molecule has 14 nitrogen and oxygen atoms in total. The van der Waals surface area contributed by atoms with E-state index in [0.29, 0.717) is 11.1 Å². The van der Waals surface area contributed by atoms with Gasteiger partial charge in [0.2, 0.25) is 12.4 Å². The van der Waals surface area contributed by atoms with Crippen LogP contribution in [0.2, 0.25) is 0 Å². The highest BCUT2D eigenvalue weighted by atomic mass is 32.1. The van der Waals surface area contributed by atoms with Gasteiger partial charge in [-0.15, -0.1) is 0 Å². The number of hydrogen-bond acceptors (Lipinski definition) is 13. The molecule has 0 aliphatic carbocycles. The zero-order chi connectivity index (χ0) is 25.0. The summed E-state index contributed by atoms with van der Waals surface area (Å²) in [7, 11) is 0. The van der Waals surface area contributed by atoms with Crippen LogP contribution in [0.5, 0.6) is 0 Å². The molecule has 0 aromatic carbocycles. The summed E-state index contributed by atoms with van der Waals surface area (Å²) in [6.45, 7) is 5.17. The molecule has 0 unspecified atom stereocenters. The Morgan fingerprint density at radius 2 is 1.97 bits per heavy atom. The van der Waals surface area contributed by atoms with Gasteiger partial charge < -0.3 is 23.7 Å². The van der Waals surface area contributed by atoms with Crippen molar-refractivity contribution in [3.05, 3.63) is 15.9 Å². The van der Waals surface area contributed by atoms with Crippen LogP contribution in [-0.4, -0.2) is 70.1 Å². The highest BCUT2D eigenvalue weighted by Gasteiger charge is 2.52. The quantitative estimate of drug-likeness (QED) is 0.307. The maximum Gasteiger partial charge on any atom is 0.509 e. The van der Waals surface area contributed by atoms with E-state index >= 15 is 0 Å². The number of carbonyl (C=O) groups is 4. The Balaban J connectivity index is 2.08. The Morgan fingerprint density at radius 1 is 1.24 bits per heavy atom. The van der Waals surface area contributed by atoms with Gasteiger partial charge in [0, 0.05) is 13.8 Å². The number of hydrogen-bond donors (Lipinski definition) is 1. The lowest BCUT2D eigenvalue weighted by Gasteiger charge is -2.24. The maximum absolute atomic E-state index is 12.9. The monoisotopic (exact) mass is 498 g/mol. The topological polar surface area (TPSA) is 174 Å². The van der Waals surface area contributed by atoms with Crippen LogP contribution in [0.3, 0.4) is 0 Å². The number of nitrogens with one attached hydrogen (secondary N) is 1. The largest absolute Gasteiger partial charge is 0.509 e. The van der Waals surface area contributed by atoms with Gasteiger partial charge >= 0.3 is 23.0 Å². The Bertz CT molecular complexity index is 1150. The van der Waals surface area contributed by atoms with Gasteiger partial charge in [0.25, 0.3) is 0 Å². The molecule has 15 heteroatoms. The molecule has 0 radical (unpaired) electrons. The number of carbonyl (C=O) groups excluding carboxylic acids is 4. The predicted molar refractivity (Wildman–Crippen MR) is 114 cm³/mol. The lowest BCUT2D eigenvalue weighted by Crippen LogP contribution is -2.41. The summed E-state index contributed by atoms with van der Waals surface area (Å²) < 4.78 is 28.1. The third kappa shape index (κ3) is 5.66. The number of amides is 1. The van der Waals surface area contributed by atoms with Crippen LogP contribution < -0.4 is 10.2 Å². The number of rotatable bonds is 8. The van der Waals surface area contributed by atoms with Crippen molar-refractivity contribution in [3.8, 4) is 0 Å². The van der Waals surface area contributed by atoms with Crippen LogP contribution in [0.1, 0.15) is 33.9 Å². The number of anilines is 1. The summed E-state index contributed by atoms with van der Waals surface area (Å²) in [5, 5.41) is 2.28. The van der Waals surface area contributed by atoms with Crippen molar-refractivity contribution in [1.29, 1.82) is 0 Å². The Morgan fingerprint density at radius 3 is 2.59 bits per heavy atom. The first-order valence-corrected chi connectivity index (χ1v) is 10.8. The van der Waals surface area contributed by atoms with Crippen LogP contribution in [-0.2, 0) is 38.1 Å². The minimum absolute atomic E-state index is 0.0693. The van der Waals surface area contributed by atoms with Crippen LogP contribution in [0.15, 0.2) is 11.0 Å². The molecule has 0 bridgehead atoms. The van der Waals surface area contributed by atoms with E-state index < -0.39 is 53.6 Å². The molecule has 1 aliphatic heterocycles. The van der Waals surface area contributed by atoms with Gasteiger partial charge in [-0.2, -0.15) is 4.98 Å². The van der Waals surface area contributed by atoms with Crippen LogP contribution in [0.25, 0.3) is 10.3 Å². The summed E-state index contributed by atoms with van der Waals surface area (Å²) in [5.41, 5.74) is 0.0693. The zero-order valence-electron chi connectivity index (χ0n) is 18.6. The normalized spacial score (nSPS) is 21.8. The highest BCUT2D eigenvalue weighted by molar-refractivity contribution is 7.16.